The summed E-state index contributed by atoms with van der Waals surface area (Å²) in [4.78, 5) is 14.4. The number of carbonyl (C=O) groups is 1. The quantitative estimate of drug-likeness (QED) is 0.536. The zero-order valence-electron chi connectivity index (χ0n) is 14.2. The standard InChI is InChI=1S/C18H13F2NO4S3/c19-11-5-10(6-12(20)7-11)15-2-1-14(25-15)8-16-17(22)21(18(26)27-16)13-3-4-28(23,24)9-13/h1-2,5-8,13H,3-4,9H2/b16-8+. The van der Waals surface area contributed by atoms with Gasteiger partial charge in [0.2, 0.25) is 0 Å². The van der Waals surface area contributed by atoms with Crippen molar-refractivity contribution in [3.05, 3.63) is 52.6 Å². The van der Waals surface area contributed by atoms with Crippen molar-refractivity contribution in [1.29, 1.82) is 0 Å². The molecule has 146 valence electrons. The van der Waals surface area contributed by atoms with Gasteiger partial charge in [0.05, 0.1) is 22.5 Å². The normalized spacial score (nSPS) is 23.1. The Kier molecular flexibility index (Phi) is 4.88. The fourth-order valence-electron chi connectivity index (χ4n) is 3.18. The van der Waals surface area contributed by atoms with Crippen LogP contribution in [0.2, 0.25) is 0 Å². The van der Waals surface area contributed by atoms with Crippen molar-refractivity contribution in [2.45, 2.75) is 12.5 Å². The van der Waals surface area contributed by atoms with E-state index in [2.05, 4.69) is 0 Å². The Balaban J connectivity index is 1.58. The van der Waals surface area contributed by atoms with Crippen molar-refractivity contribution in [2.75, 3.05) is 11.5 Å². The van der Waals surface area contributed by atoms with Crippen molar-refractivity contribution in [3.63, 3.8) is 0 Å². The molecule has 1 unspecified atom stereocenters. The van der Waals surface area contributed by atoms with Crippen LogP contribution in [0.5, 0.6) is 0 Å². The highest BCUT2D eigenvalue weighted by Gasteiger charge is 2.42. The van der Waals surface area contributed by atoms with Gasteiger partial charge in [0.15, 0.2) is 9.84 Å². The zero-order chi connectivity index (χ0) is 20.1. The maximum Gasteiger partial charge on any atom is 0.266 e. The number of carbonyl (C=O) groups excluding carboxylic acids is 1. The molecule has 2 aliphatic heterocycles. The molecule has 2 fully saturated rings. The van der Waals surface area contributed by atoms with E-state index in [1.54, 1.807) is 12.1 Å². The van der Waals surface area contributed by atoms with E-state index in [-0.39, 0.29) is 28.7 Å². The molecule has 28 heavy (non-hydrogen) atoms. The Morgan fingerprint density at radius 1 is 1.21 bits per heavy atom. The summed E-state index contributed by atoms with van der Waals surface area (Å²) in [6, 6.07) is 5.72. The topological polar surface area (TPSA) is 67.6 Å². The van der Waals surface area contributed by atoms with E-state index in [0.29, 0.717) is 21.4 Å². The summed E-state index contributed by atoms with van der Waals surface area (Å²) < 4.78 is 56.1. The number of amides is 1. The minimum atomic E-state index is -3.15. The number of thiocarbonyl (C=S) groups is 1. The first kappa shape index (κ1) is 19.3. The third kappa shape index (κ3) is 3.76. The van der Waals surface area contributed by atoms with Gasteiger partial charge in [-0.15, -0.1) is 0 Å². The number of thioether (sulfide) groups is 1. The summed E-state index contributed by atoms with van der Waals surface area (Å²) in [5.41, 5.74) is 0.237. The smallest absolute Gasteiger partial charge is 0.266 e. The Morgan fingerprint density at radius 2 is 1.93 bits per heavy atom. The van der Waals surface area contributed by atoms with Crippen LogP contribution in [0.15, 0.2) is 39.7 Å². The predicted molar refractivity (Wildman–Crippen MR) is 106 cm³/mol. The van der Waals surface area contributed by atoms with Gasteiger partial charge in [0.1, 0.15) is 27.5 Å². The molecule has 0 bridgehead atoms. The maximum atomic E-state index is 13.4. The van der Waals surface area contributed by atoms with Gasteiger partial charge in [0.25, 0.3) is 5.91 Å². The SMILES string of the molecule is O=C1/C(=C\c2ccc(-c3cc(F)cc(F)c3)o2)SC(=S)N1C1CCS(=O)(=O)C1. The molecule has 2 aromatic rings. The molecule has 1 aromatic heterocycles. The first-order chi connectivity index (χ1) is 13.2. The molecule has 1 aromatic carbocycles. The van der Waals surface area contributed by atoms with Crippen LogP contribution in [0.1, 0.15) is 12.2 Å². The van der Waals surface area contributed by atoms with Gasteiger partial charge in [0, 0.05) is 17.7 Å². The summed E-state index contributed by atoms with van der Waals surface area (Å²) in [5, 5.41) is 0. The number of furan rings is 1. The first-order valence-corrected chi connectivity index (χ1v) is 11.3. The Labute approximate surface area is 169 Å². The molecule has 3 heterocycles. The van der Waals surface area contributed by atoms with E-state index in [1.165, 1.54) is 11.0 Å². The Hall–Kier alpha value is -2.04. The highest BCUT2D eigenvalue weighted by Crippen LogP contribution is 2.37. The minimum Gasteiger partial charge on any atom is -0.457 e. The van der Waals surface area contributed by atoms with E-state index in [4.69, 9.17) is 16.6 Å². The third-order valence-electron chi connectivity index (χ3n) is 4.44. The number of rotatable bonds is 3. The molecule has 0 spiro atoms. The van der Waals surface area contributed by atoms with Crippen molar-refractivity contribution in [2.24, 2.45) is 0 Å². The Bertz CT molecular complexity index is 1100. The van der Waals surface area contributed by atoms with Crippen LogP contribution < -0.4 is 0 Å². The highest BCUT2D eigenvalue weighted by molar-refractivity contribution is 8.26. The molecular weight excluding hydrogens is 428 g/mol. The number of nitrogens with zero attached hydrogens (tertiary/aromatic N) is 1. The second-order valence-electron chi connectivity index (χ2n) is 6.47. The molecule has 1 atom stereocenters. The van der Waals surface area contributed by atoms with Crippen LogP contribution in [-0.4, -0.2) is 41.1 Å². The van der Waals surface area contributed by atoms with Crippen molar-refractivity contribution in [1.82, 2.24) is 4.90 Å². The van der Waals surface area contributed by atoms with Crippen LogP contribution in [-0.2, 0) is 14.6 Å². The van der Waals surface area contributed by atoms with E-state index >= 15 is 0 Å². The summed E-state index contributed by atoms with van der Waals surface area (Å²) >= 11 is 6.32. The van der Waals surface area contributed by atoms with Crippen molar-refractivity contribution in [3.8, 4) is 11.3 Å². The third-order valence-corrected chi connectivity index (χ3v) is 7.53. The van der Waals surface area contributed by atoms with Crippen LogP contribution in [0.3, 0.4) is 0 Å². The summed E-state index contributed by atoms with van der Waals surface area (Å²) in [7, 11) is -3.15. The van der Waals surface area contributed by atoms with Crippen LogP contribution in [0.25, 0.3) is 17.4 Å². The largest absolute Gasteiger partial charge is 0.457 e. The molecule has 0 aliphatic carbocycles. The highest BCUT2D eigenvalue weighted by atomic mass is 32.2. The molecule has 10 heteroatoms. The first-order valence-electron chi connectivity index (χ1n) is 8.26. The second-order valence-corrected chi connectivity index (χ2v) is 10.4. The molecule has 1 amide bonds. The fourth-order valence-corrected chi connectivity index (χ4v) is 6.26. The number of hydrogen-bond acceptors (Lipinski definition) is 6. The molecule has 5 nitrogen and oxygen atoms in total. The monoisotopic (exact) mass is 441 g/mol. The summed E-state index contributed by atoms with van der Waals surface area (Å²) in [6.45, 7) is 0. The van der Waals surface area contributed by atoms with E-state index in [0.717, 1.165) is 30.0 Å². The summed E-state index contributed by atoms with van der Waals surface area (Å²) in [6.07, 6.45) is 1.85. The van der Waals surface area contributed by atoms with Crippen LogP contribution in [0, 0.1) is 11.6 Å². The van der Waals surface area contributed by atoms with Gasteiger partial charge in [-0.3, -0.25) is 9.69 Å². The number of hydrogen-bond donors (Lipinski definition) is 0. The van der Waals surface area contributed by atoms with E-state index in [9.17, 15) is 22.0 Å². The predicted octanol–water partition coefficient (Wildman–Crippen LogP) is 3.61. The number of sulfone groups is 1. The zero-order valence-corrected chi connectivity index (χ0v) is 16.7. The van der Waals surface area contributed by atoms with Gasteiger partial charge in [-0.25, -0.2) is 17.2 Å². The lowest BCUT2D eigenvalue weighted by molar-refractivity contribution is -0.123. The molecule has 4 rings (SSSR count). The lowest BCUT2D eigenvalue weighted by Crippen LogP contribution is -2.39. The van der Waals surface area contributed by atoms with Gasteiger partial charge in [-0.1, -0.05) is 24.0 Å². The Morgan fingerprint density at radius 3 is 2.57 bits per heavy atom. The number of halogens is 2. The van der Waals surface area contributed by atoms with Crippen LogP contribution >= 0.6 is 24.0 Å². The van der Waals surface area contributed by atoms with Crippen molar-refractivity contribution < 1.29 is 26.4 Å². The fraction of sp³-hybridized carbons (Fsp3) is 0.222. The van der Waals surface area contributed by atoms with Crippen LogP contribution in [0.4, 0.5) is 8.78 Å². The minimum absolute atomic E-state index is 0.0412. The van der Waals surface area contributed by atoms with Gasteiger partial charge >= 0.3 is 0 Å². The van der Waals surface area contributed by atoms with Gasteiger partial charge in [-0.05, 0) is 30.7 Å². The summed E-state index contributed by atoms with van der Waals surface area (Å²) in [5.74, 6) is -1.30. The van der Waals surface area contributed by atoms with Gasteiger partial charge < -0.3 is 4.42 Å². The lowest BCUT2D eigenvalue weighted by atomic mass is 10.1. The van der Waals surface area contributed by atoms with Crippen molar-refractivity contribution >= 4 is 50.1 Å². The molecule has 0 radical (unpaired) electrons. The van der Waals surface area contributed by atoms with E-state index < -0.39 is 27.5 Å². The average molecular weight is 442 g/mol. The second kappa shape index (κ2) is 7.09. The van der Waals surface area contributed by atoms with Gasteiger partial charge in [-0.2, -0.15) is 0 Å². The molecule has 2 aliphatic rings. The maximum absolute atomic E-state index is 13.4. The van der Waals surface area contributed by atoms with E-state index in [1.807, 2.05) is 0 Å². The molecule has 0 saturated carbocycles. The number of benzene rings is 1. The molecule has 2 saturated heterocycles. The molecule has 0 N–H and O–H groups in total. The average Bonchev–Trinajstić information content (AvgIpc) is 3.26. The lowest BCUT2D eigenvalue weighted by Gasteiger charge is -2.20. The molecular formula is C18H13F2NO4S3.